The molecular formula is C16H26N2O2. The molecule has 0 aliphatic carbocycles. The Labute approximate surface area is 121 Å². The normalized spacial score (nSPS) is 11.2. The predicted octanol–water partition coefficient (Wildman–Crippen LogP) is 2.50. The lowest BCUT2D eigenvalue weighted by Gasteiger charge is -2.24. The van der Waals surface area contributed by atoms with Gasteiger partial charge in [-0.25, -0.2) is 0 Å². The van der Waals surface area contributed by atoms with Gasteiger partial charge in [-0.15, -0.1) is 0 Å². The first-order valence-electron chi connectivity index (χ1n) is 7.02. The number of rotatable bonds is 7. The number of ether oxygens (including phenoxy) is 1. The fraction of sp³-hybridized carbons (Fsp3) is 0.562. The van der Waals surface area contributed by atoms with Crippen LogP contribution in [0.25, 0.3) is 0 Å². The summed E-state index contributed by atoms with van der Waals surface area (Å²) >= 11 is 0. The van der Waals surface area contributed by atoms with Gasteiger partial charge < -0.3 is 15.8 Å². The summed E-state index contributed by atoms with van der Waals surface area (Å²) in [6, 6.07) is 5.49. The molecule has 3 N–H and O–H groups in total. The molecule has 0 spiro atoms. The van der Waals surface area contributed by atoms with Gasteiger partial charge in [0.25, 0.3) is 5.91 Å². The average molecular weight is 278 g/mol. The predicted molar refractivity (Wildman–Crippen MR) is 82.1 cm³/mol. The number of hydrogen-bond donors (Lipinski definition) is 2. The second-order valence-corrected chi connectivity index (χ2v) is 5.92. The summed E-state index contributed by atoms with van der Waals surface area (Å²) in [5.74, 6) is 0.671. The molecule has 0 fully saturated rings. The van der Waals surface area contributed by atoms with Gasteiger partial charge in [0.1, 0.15) is 5.75 Å². The fourth-order valence-electron chi connectivity index (χ4n) is 2.05. The standard InChI is InChI=1S/C16H26N2O2/c1-12-6-7-13(10-14(12)20-4)15(19)18-11-16(2,3)8-5-9-17/h6-7,10H,5,8-9,11,17H2,1-4H3,(H,18,19). The number of nitrogens with two attached hydrogens (primary N) is 1. The highest BCUT2D eigenvalue weighted by atomic mass is 16.5. The van der Waals surface area contributed by atoms with Crippen molar-refractivity contribution in [1.82, 2.24) is 5.32 Å². The smallest absolute Gasteiger partial charge is 0.251 e. The molecule has 1 aromatic carbocycles. The van der Waals surface area contributed by atoms with Crippen molar-refractivity contribution in [3.63, 3.8) is 0 Å². The molecule has 1 amide bonds. The van der Waals surface area contributed by atoms with Crippen molar-refractivity contribution < 1.29 is 9.53 Å². The Morgan fingerprint density at radius 3 is 2.70 bits per heavy atom. The molecule has 0 saturated heterocycles. The van der Waals surface area contributed by atoms with E-state index in [2.05, 4.69) is 19.2 Å². The molecule has 0 aromatic heterocycles. The summed E-state index contributed by atoms with van der Waals surface area (Å²) in [6.45, 7) is 7.56. The van der Waals surface area contributed by atoms with Gasteiger partial charge in [0.15, 0.2) is 0 Å². The molecule has 0 saturated carbocycles. The summed E-state index contributed by atoms with van der Waals surface area (Å²) in [5.41, 5.74) is 7.23. The molecule has 1 rings (SSSR count). The first-order chi connectivity index (χ1) is 9.39. The van der Waals surface area contributed by atoms with Gasteiger partial charge in [0.2, 0.25) is 0 Å². The number of carbonyl (C=O) groups is 1. The van der Waals surface area contributed by atoms with Crippen LogP contribution in [0, 0.1) is 12.3 Å². The van der Waals surface area contributed by atoms with Crippen LogP contribution in [0.5, 0.6) is 5.75 Å². The topological polar surface area (TPSA) is 64.3 Å². The first kappa shape index (κ1) is 16.5. The summed E-state index contributed by atoms with van der Waals surface area (Å²) in [5, 5.41) is 2.98. The minimum absolute atomic E-state index is 0.0593. The number of carbonyl (C=O) groups excluding carboxylic acids is 1. The SMILES string of the molecule is COc1cc(C(=O)NCC(C)(C)CCCN)ccc1C. The molecule has 20 heavy (non-hydrogen) atoms. The highest BCUT2D eigenvalue weighted by molar-refractivity contribution is 5.94. The van der Waals surface area contributed by atoms with Gasteiger partial charge in [-0.3, -0.25) is 4.79 Å². The average Bonchev–Trinajstić information content (AvgIpc) is 2.43. The number of nitrogens with one attached hydrogen (secondary N) is 1. The Balaban J connectivity index is 2.63. The van der Waals surface area contributed by atoms with Gasteiger partial charge in [-0.05, 0) is 49.4 Å². The molecular weight excluding hydrogens is 252 g/mol. The highest BCUT2D eigenvalue weighted by Gasteiger charge is 2.19. The molecule has 0 unspecified atom stereocenters. The van der Waals surface area contributed by atoms with E-state index in [1.165, 1.54) is 0 Å². The second-order valence-electron chi connectivity index (χ2n) is 5.92. The van der Waals surface area contributed by atoms with Crippen LogP contribution >= 0.6 is 0 Å². The third-order valence-electron chi connectivity index (χ3n) is 3.46. The maximum absolute atomic E-state index is 12.2. The van der Waals surface area contributed by atoms with Gasteiger partial charge in [0, 0.05) is 12.1 Å². The van der Waals surface area contributed by atoms with E-state index in [9.17, 15) is 4.79 Å². The van der Waals surface area contributed by atoms with E-state index in [0.717, 1.165) is 24.2 Å². The van der Waals surface area contributed by atoms with E-state index < -0.39 is 0 Å². The molecule has 0 heterocycles. The largest absolute Gasteiger partial charge is 0.496 e. The highest BCUT2D eigenvalue weighted by Crippen LogP contribution is 2.22. The van der Waals surface area contributed by atoms with E-state index in [0.29, 0.717) is 18.7 Å². The quantitative estimate of drug-likeness (QED) is 0.805. The zero-order valence-electron chi connectivity index (χ0n) is 13.0. The number of aryl methyl sites for hydroxylation is 1. The van der Waals surface area contributed by atoms with Crippen LogP contribution in [0.4, 0.5) is 0 Å². The molecule has 4 heteroatoms. The van der Waals surface area contributed by atoms with E-state index in [-0.39, 0.29) is 11.3 Å². The summed E-state index contributed by atoms with van der Waals surface area (Å²) in [4.78, 5) is 12.2. The minimum Gasteiger partial charge on any atom is -0.496 e. The molecule has 1 aromatic rings. The Hall–Kier alpha value is -1.55. The molecule has 0 aliphatic rings. The second kappa shape index (κ2) is 7.29. The molecule has 0 radical (unpaired) electrons. The summed E-state index contributed by atoms with van der Waals surface area (Å²) in [7, 11) is 1.61. The van der Waals surface area contributed by atoms with Crippen LogP contribution in [0.3, 0.4) is 0 Å². The Morgan fingerprint density at radius 1 is 1.40 bits per heavy atom. The van der Waals surface area contributed by atoms with Crippen molar-refractivity contribution in [2.75, 3.05) is 20.2 Å². The molecule has 0 atom stereocenters. The zero-order chi connectivity index (χ0) is 15.2. The third kappa shape index (κ3) is 4.85. The van der Waals surface area contributed by atoms with Crippen molar-refractivity contribution in [3.8, 4) is 5.75 Å². The monoisotopic (exact) mass is 278 g/mol. The molecule has 0 aliphatic heterocycles. The van der Waals surface area contributed by atoms with Crippen molar-refractivity contribution in [3.05, 3.63) is 29.3 Å². The van der Waals surface area contributed by atoms with Gasteiger partial charge >= 0.3 is 0 Å². The van der Waals surface area contributed by atoms with Crippen LogP contribution in [-0.2, 0) is 0 Å². The maximum Gasteiger partial charge on any atom is 0.251 e. The van der Waals surface area contributed by atoms with Crippen molar-refractivity contribution in [2.45, 2.75) is 33.6 Å². The summed E-state index contributed by atoms with van der Waals surface area (Å²) < 4.78 is 5.24. The lowest BCUT2D eigenvalue weighted by atomic mass is 9.87. The van der Waals surface area contributed by atoms with Gasteiger partial charge in [-0.1, -0.05) is 19.9 Å². The van der Waals surface area contributed by atoms with Crippen LogP contribution in [0.2, 0.25) is 0 Å². The van der Waals surface area contributed by atoms with Crippen molar-refractivity contribution in [1.29, 1.82) is 0 Å². The zero-order valence-corrected chi connectivity index (χ0v) is 13.0. The Kier molecular flexibility index (Phi) is 6.02. The first-order valence-corrected chi connectivity index (χ1v) is 7.02. The van der Waals surface area contributed by atoms with E-state index in [4.69, 9.17) is 10.5 Å². The van der Waals surface area contributed by atoms with Crippen LogP contribution < -0.4 is 15.8 Å². The molecule has 112 valence electrons. The number of amides is 1. The summed E-state index contributed by atoms with van der Waals surface area (Å²) in [6.07, 6.45) is 1.97. The van der Waals surface area contributed by atoms with Crippen molar-refractivity contribution in [2.24, 2.45) is 11.1 Å². The van der Waals surface area contributed by atoms with E-state index in [1.54, 1.807) is 13.2 Å². The third-order valence-corrected chi connectivity index (χ3v) is 3.46. The number of benzene rings is 1. The fourth-order valence-corrected chi connectivity index (χ4v) is 2.05. The van der Waals surface area contributed by atoms with Gasteiger partial charge in [0.05, 0.1) is 7.11 Å². The number of hydrogen-bond acceptors (Lipinski definition) is 3. The molecule has 4 nitrogen and oxygen atoms in total. The van der Waals surface area contributed by atoms with Crippen LogP contribution in [0.15, 0.2) is 18.2 Å². The Morgan fingerprint density at radius 2 is 2.10 bits per heavy atom. The lowest BCUT2D eigenvalue weighted by molar-refractivity contribution is 0.0934. The molecule has 0 bridgehead atoms. The maximum atomic E-state index is 12.2. The minimum atomic E-state index is -0.0656. The van der Waals surface area contributed by atoms with Crippen LogP contribution in [-0.4, -0.2) is 26.1 Å². The van der Waals surface area contributed by atoms with Gasteiger partial charge in [-0.2, -0.15) is 0 Å². The van der Waals surface area contributed by atoms with Crippen molar-refractivity contribution >= 4 is 5.91 Å². The van der Waals surface area contributed by atoms with Crippen LogP contribution in [0.1, 0.15) is 42.6 Å². The van der Waals surface area contributed by atoms with E-state index in [1.807, 2.05) is 19.1 Å². The Bertz CT molecular complexity index is 456. The van der Waals surface area contributed by atoms with E-state index >= 15 is 0 Å². The lowest BCUT2D eigenvalue weighted by Crippen LogP contribution is -2.34. The number of methoxy groups -OCH3 is 1.